The summed E-state index contributed by atoms with van der Waals surface area (Å²) >= 11 is 0. The van der Waals surface area contributed by atoms with E-state index in [0.29, 0.717) is 0 Å². The van der Waals surface area contributed by atoms with E-state index in [1.807, 2.05) is 0 Å². The van der Waals surface area contributed by atoms with E-state index in [2.05, 4.69) is 0 Å². The maximum atomic E-state index is 13.4. The highest BCUT2D eigenvalue weighted by Gasteiger charge is 2.43. The van der Waals surface area contributed by atoms with Crippen LogP contribution in [0, 0.1) is 0 Å². The largest absolute Gasteiger partial charge is 0.504 e. The summed E-state index contributed by atoms with van der Waals surface area (Å²) in [5, 5.41) is 49.2. The molecular formula is C24H22N2O12S. The molecule has 1 unspecified atom stereocenters. The van der Waals surface area contributed by atoms with Crippen LogP contribution in [0.1, 0.15) is 44.7 Å². The molecule has 2 aromatic carbocycles. The van der Waals surface area contributed by atoms with Crippen molar-refractivity contribution in [3.05, 3.63) is 52.6 Å². The Bertz CT molecular complexity index is 1540. The fourth-order valence-corrected chi connectivity index (χ4v) is 6.07. The molecule has 1 heterocycles. The summed E-state index contributed by atoms with van der Waals surface area (Å²) in [5.74, 6) is -8.16. The maximum absolute atomic E-state index is 13.4. The van der Waals surface area contributed by atoms with Crippen molar-refractivity contribution in [3.8, 4) is 11.5 Å². The van der Waals surface area contributed by atoms with Gasteiger partial charge in [-0.05, 0) is 6.07 Å². The van der Waals surface area contributed by atoms with Crippen molar-refractivity contribution >= 4 is 39.4 Å². The maximum Gasteiger partial charge on any atom is 0.336 e. The van der Waals surface area contributed by atoms with Crippen LogP contribution in [0.5, 0.6) is 11.5 Å². The van der Waals surface area contributed by atoms with Crippen LogP contribution in [0.4, 0.5) is 0 Å². The van der Waals surface area contributed by atoms with Gasteiger partial charge in [0.25, 0.3) is 0 Å². The summed E-state index contributed by atoms with van der Waals surface area (Å²) in [6.07, 6.45) is -2.28. The summed E-state index contributed by atoms with van der Waals surface area (Å²) in [5.41, 5.74) is -3.81. The number of phenols is 2. The lowest BCUT2D eigenvalue weighted by atomic mass is 9.83. The van der Waals surface area contributed by atoms with E-state index in [1.165, 1.54) is 24.3 Å². The first-order valence-corrected chi connectivity index (χ1v) is 12.9. The molecule has 2 aromatic rings. The highest BCUT2D eigenvalue weighted by Crippen LogP contribution is 2.43. The van der Waals surface area contributed by atoms with Gasteiger partial charge in [0, 0.05) is 42.9 Å². The first-order chi connectivity index (χ1) is 18.2. The lowest BCUT2D eigenvalue weighted by Crippen LogP contribution is -2.53. The van der Waals surface area contributed by atoms with Gasteiger partial charge in [-0.3, -0.25) is 19.2 Å². The second kappa shape index (κ2) is 9.76. The average Bonchev–Trinajstić information content (AvgIpc) is 2.88. The number of carbonyl (C=O) groups is 5. The molecule has 2 aliphatic rings. The quantitative estimate of drug-likeness (QED) is 0.227. The van der Waals surface area contributed by atoms with Crippen LogP contribution in [0.25, 0.3) is 0 Å². The van der Waals surface area contributed by atoms with Gasteiger partial charge in [-0.2, -0.15) is 4.31 Å². The van der Waals surface area contributed by atoms with Crippen molar-refractivity contribution in [2.75, 3.05) is 26.2 Å². The van der Waals surface area contributed by atoms with E-state index >= 15 is 0 Å². The Balaban J connectivity index is 1.57. The highest BCUT2D eigenvalue weighted by atomic mass is 32.2. The first kappa shape index (κ1) is 27.7. The summed E-state index contributed by atoms with van der Waals surface area (Å²) in [6.45, 7) is -1.26. The number of carboxylic acid groups (broad SMARTS) is 2. The number of aliphatic carboxylic acids is 2. The van der Waals surface area contributed by atoms with Crippen LogP contribution in [-0.4, -0.2) is 104 Å². The second-order valence-corrected chi connectivity index (χ2v) is 11.0. The Kier molecular flexibility index (Phi) is 6.93. The number of sulfonamides is 1. The van der Waals surface area contributed by atoms with Crippen LogP contribution < -0.4 is 0 Å². The monoisotopic (exact) mass is 562 g/mol. The van der Waals surface area contributed by atoms with Gasteiger partial charge in [0.2, 0.25) is 15.9 Å². The number of hydrogen-bond acceptors (Lipinski definition) is 10. The Morgan fingerprint density at radius 3 is 1.95 bits per heavy atom. The summed E-state index contributed by atoms with van der Waals surface area (Å²) in [6, 6.07) is 6.55. The van der Waals surface area contributed by atoms with E-state index in [1.54, 1.807) is 0 Å². The number of rotatable bonds is 7. The van der Waals surface area contributed by atoms with Crippen molar-refractivity contribution in [1.82, 2.24) is 9.21 Å². The molecule has 1 atom stereocenters. The van der Waals surface area contributed by atoms with Crippen LogP contribution in [0.15, 0.2) is 35.2 Å². The van der Waals surface area contributed by atoms with Gasteiger partial charge < -0.3 is 30.4 Å². The molecule has 1 aliphatic heterocycles. The topological polar surface area (TPSA) is 227 Å². The lowest BCUT2D eigenvalue weighted by Gasteiger charge is -2.35. The number of carboxylic acids is 2. The average molecular weight is 563 g/mol. The number of carbonyl (C=O) groups excluding carboxylic acids is 3. The van der Waals surface area contributed by atoms with Crippen molar-refractivity contribution in [2.45, 2.75) is 23.3 Å². The molecule has 206 valence electrons. The molecule has 15 heteroatoms. The van der Waals surface area contributed by atoms with Gasteiger partial charge in [0.1, 0.15) is 4.90 Å². The number of phenolic OH excluding ortho intramolecular Hbond substituents is 2. The molecule has 0 saturated carbocycles. The zero-order valence-electron chi connectivity index (χ0n) is 20.0. The minimum Gasteiger partial charge on any atom is -0.504 e. The number of aromatic hydroxyl groups is 2. The van der Waals surface area contributed by atoms with Crippen LogP contribution in [0.3, 0.4) is 0 Å². The smallest absolute Gasteiger partial charge is 0.336 e. The van der Waals surface area contributed by atoms with Crippen molar-refractivity contribution in [3.63, 3.8) is 0 Å². The van der Waals surface area contributed by atoms with Gasteiger partial charge >= 0.3 is 11.9 Å². The molecule has 1 saturated heterocycles. The highest BCUT2D eigenvalue weighted by molar-refractivity contribution is 7.89. The Morgan fingerprint density at radius 2 is 1.41 bits per heavy atom. The van der Waals surface area contributed by atoms with Crippen molar-refractivity contribution < 1.29 is 57.9 Å². The molecule has 1 fully saturated rings. The molecule has 1 aliphatic carbocycles. The molecule has 0 aromatic heterocycles. The molecule has 0 bridgehead atoms. The molecule has 0 spiro atoms. The number of ketones is 2. The van der Waals surface area contributed by atoms with E-state index in [9.17, 15) is 47.7 Å². The molecule has 1 amide bonds. The van der Waals surface area contributed by atoms with E-state index in [-0.39, 0.29) is 37.3 Å². The minimum absolute atomic E-state index is 0.000201. The number of benzene rings is 2. The minimum atomic E-state index is -4.58. The molecular weight excluding hydrogens is 540 g/mol. The third-order valence-electron chi connectivity index (χ3n) is 6.62. The zero-order valence-corrected chi connectivity index (χ0v) is 20.8. The third-order valence-corrected chi connectivity index (χ3v) is 8.53. The van der Waals surface area contributed by atoms with Crippen LogP contribution in [-0.2, 0) is 24.4 Å². The van der Waals surface area contributed by atoms with Crippen molar-refractivity contribution in [1.29, 1.82) is 0 Å². The predicted octanol–water partition coefficient (Wildman–Crippen LogP) is -0.613. The Labute approximate surface area is 220 Å². The van der Waals surface area contributed by atoms with Gasteiger partial charge in [-0.1, -0.05) is 24.3 Å². The fraction of sp³-hybridized carbons (Fsp3) is 0.292. The Morgan fingerprint density at radius 1 is 0.846 bits per heavy atom. The number of fused-ring (bicyclic) bond motifs is 2. The SMILES string of the molecule is O=C(O)CC(O)(CC(=O)N1CCN(S(=O)(=O)c2cc3c(c(O)c2O)C(=O)c2ccccc2C3=O)CC1)C(=O)O. The number of nitrogens with zero attached hydrogens (tertiary/aromatic N) is 2. The lowest BCUT2D eigenvalue weighted by molar-refractivity contribution is -0.169. The predicted molar refractivity (Wildman–Crippen MR) is 128 cm³/mol. The Hall–Kier alpha value is -4.34. The van der Waals surface area contributed by atoms with E-state index < -0.39 is 85.4 Å². The molecule has 0 radical (unpaired) electrons. The summed E-state index contributed by atoms with van der Waals surface area (Å²) < 4.78 is 27.6. The number of hydrogen-bond donors (Lipinski definition) is 5. The molecule has 5 N–H and O–H groups in total. The molecule has 39 heavy (non-hydrogen) atoms. The molecule has 14 nitrogen and oxygen atoms in total. The summed E-state index contributed by atoms with van der Waals surface area (Å²) in [7, 11) is -4.58. The third kappa shape index (κ3) is 4.71. The zero-order chi connectivity index (χ0) is 28.9. The number of amides is 1. The van der Waals surface area contributed by atoms with Gasteiger partial charge in [-0.25, -0.2) is 13.2 Å². The van der Waals surface area contributed by atoms with E-state index in [0.717, 1.165) is 15.3 Å². The van der Waals surface area contributed by atoms with Gasteiger partial charge in [0.15, 0.2) is 28.7 Å². The van der Waals surface area contributed by atoms with E-state index in [4.69, 9.17) is 10.2 Å². The first-order valence-electron chi connectivity index (χ1n) is 11.4. The van der Waals surface area contributed by atoms with Crippen LogP contribution in [0.2, 0.25) is 0 Å². The van der Waals surface area contributed by atoms with Gasteiger partial charge in [0.05, 0.1) is 18.4 Å². The number of piperazine rings is 1. The van der Waals surface area contributed by atoms with Crippen LogP contribution >= 0.6 is 0 Å². The number of aliphatic hydroxyl groups is 1. The van der Waals surface area contributed by atoms with Gasteiger partial charge in [-0.15, -0.1) is 0 Å². The summed E-state index contributed by atoms with van der Waals surface area (Å²) in [4.78, 5) is 60.9. The van der Waals surface area contributed by atoms with Crippen molar-refractivity contribution in [2.24, 2.45) is 0 Å². The normalized spacial score (nSPS) is 17.2. The molecule has 4 rings (SSSR count). The second-order valence-electron chi connectivity index (χ2n) is 9.07. The fourth-order valence-electron chi connectivity index (χ4n) is 4.54. The standard InChI is InChI=1S/C24H22N2O12S/c27-16(10-24(36,23(34)35)11-17(28)29)25-5-7-26(8-6-25)39(37,38)15-9-14-18(22(33)21(15)32)20(31)13-4-2-1-3-12(13)19(14)30/h1-4,9,32-33,36H,5-8,10-11H2,(H,28,29)(H,34,35).